The first kappa shape index (κ1) is 14.4. The van der Waals surface area contributed by atoms with Crippen LogP contribution in [-0.4, -0.2) is 29.2 Å². The number of carboxylic acids is 1. The predicted octanol–water partition coefficient (Wildman–Crippen LogP) is 1.92. The van der Waals surface area contributed by atoms with Gasteiger partial charge in [0.2, 0.25) is 0 Å². The molecule has 2 N–H and O–H groups in total. The quantitative estimate of drug-likeness (QED) is 0.889. The molecule has 0 aliphatic heterocycles. The minimum Gasteiger partial charge on any atom is -0.480 e. The molecule has 0 bridgehead atoms. The highest BCUT2D eigenvalue weighted by Crippen LogP contribution is 2.49. The Hall–Kier alpha value is -2.05. The monoisotopic (exact) mass is 287 g/mol. The van der Waals surface area contributed by atoms with E-state index in [1.165, 1.54) is 0 Å². The topological polar surface area (TPSA) is 66.4 Å². The third-order valence-corrected chi connectivity index (χ3v) is 3.31. The van der Waals surface area contributed by atoms with Gasteiger partial charge in [-0.1, -0.05) is 30.3 Å². The second kappa shape index (κ2) is 5.15. The molecular formula is C13H12F3NO3. The van der Waals surface area contributed by atoms with Crippen LogP contribution in [0, 0.1) is 5.92 Å². The Bertz CT molecular complexity index is 515. The number of hydrogen-bond donors (Lipinski definition) is 2. The zero-order chi connectivity index (χ0) is 14.9. The van der Waals surface area contributed by atoms with E-state index >= 15 is 0 Å². The van der Waals surface area contributed by atoms with Crippen LogP contribution in [0.3, 0.4) is 0 Å². The van der Waals surface area contributed by atoms with E-state index in [1.807, 2.05) is 0 Å². The smallest absolute Gasteiger partial charge is 0.471 e. The largest absolute Gasteiger partial charge is 0.480 e. The standard InChI is InChI=1S/C13H12F3NO3/c14-13(15,16)12(20)17-10(11(18)19)9-6-8(9)7-4-2-1-3-5-7/h1-5,8-10H,6H2,(H,17,20)(H,18,19). The molecule has 3 atom stereocenters. The summed E-state index contributed by atoms with van der Waals surface area (Å²) in [4.78, 5) is 21.9. The van der Waals surface area contributed by atoms with Crippen molar-refractivity contribution in [2.75, 3.05) is 0 Å². The fourth-order valence-electron chi connectivity index (χ4n) is 2.24. The molecule has 3 unspecified atom stereocenters. The number of alkyl halides is 3. The fraction of sp³-hybridized carbons (Fsp3) is 0.385. The summed E-state index contributed by atoms with van der Waals surface area (Å²) in [6.07, 6.45) is -4.63. The van der Waals surface area contributed by atoms with E-state index in [-0.39, 0.29) is 5.92 Å². The maximum absolute atomic E-state index is 12.2. The maximum atomic E-state index is 12.2. The minimum absolute atomic E-state index is 0.133. The Morgan fingerprint density at radius 3 is 2.35 bits per heavy atom. The summed E-state index contributed by atoms with van der Waals surface area (Å²) in [7, 11) is 0. The predicted molar refractivity (Wildman–Crippen MR) is 62.9 cm³/mol. The molecule has 1 saturated carbocycles. The van der Waals surface area contributed by atoms with E-state index in [4.69, 9.17) is 5.11 Å². The summed E-state index contributed by atoms with van der Waals surface area (Å²) in [6.45, 7) is 0. The van der Waals surface area contributed by atoms with Crippen LogP contribution in [-0.2, 0) is 9.59 Å². The van der Waals surface area contributed by atoms with Crippen LogP contribution in [0.2, 0.25) is 0 Å². The molecule has 0 radical (unpaired) electrons. The normalized spacial score (nSPS) is 22.9. The van der Waals surface area contributed by atoms with Crippen molar-refractivity contribution in [1.82, 2.24) is 5.32 Å². The summed E-state index contributed by atoms with van der Waals surface area (Å²) in [6, 6.07) is 7.39. The molecule has 1 fully saturated rings. The Balaban J connectivity index is 2.06. The highest BCUT2D eigenvalue weighted by molar-refractivity contribution is 5.87. The minimum atomic E-state index is -5.08. The van der Waals surface area contributed by atoms with Crippen molar-refractivity contribution < 1.29 is 27.9 Å². The first-order valence-corrected chi connectivity index (χ1v) is 5.96. The zero-order valence-electron chi connectivity index (χ0n) is 10.2. The number of amides is 1. The third-order valence-electron chi connectivity index (χ3n) is 3.31. The van der Waals surface area contributed by atoms with Crippen molar-refractivity contribution in [3.8, 4) is 0 Å². The SMILES string of the molecule is O=C(O)C(NC(=O)C(F)(F)F)C1CC1c1ccccc1. The molecule has 0 aromatic heterocycles. The van der Waals surface area contributed by atoms with Crippen LogP contribution >= 0.6 is 0 Å². The van der Waals surface area contributed by atoms with Crippen molar-refractivity contribution >= 4 is 11.9 Å². The van der Waals surface area contributed by atoms with Gasteiger partial charge in [-0.2, -0.15) is 13.2 Å². The second-order valence-corrected chi connectivity index (χ2v) is 4.70. The van der Waals surface area contributed by atoms with Crippen LogP contribution in [0.4, 0.5) is 13.2 Å². The zero-order valence-corrected chi connectivity index (χ0v) is 10.2. The summed E-state index contributed by atoms with van der Waals surface area (Å²) in [5.74, 6) is -4.32. The van der Waals surface area contributed by atoms with Gasteiger partial charge >= 0.3 is 18.1 Å². The van der Waals surface area contributed by atoms with Gasteiger partial charge in [0, 0.05) is 0 Å². The Kier molecular flexibility index (Phi) is 3.69. The van der Waals surface area contributed by atoms with Gasteiger partial charge in [0.1, 0.15) is 6.04 Å². The number of hydrogen-bond acceptors (Lipinski definition) is 2. The molecule has 7 heteroatoms. The molecule has 1 aliphatic carbocycles. The molecule has 1 aliphatic rings. The van der Waals surface area contributed by atoms with Gasteiger partial charge in [0.15, 0.2) is 0 Å². The lowest BCUT2D eigenvalue weighted by atomic mass is 10.1. The van der Waals surface area contributed by atoms with Gasteiger partial charge in [-0.05, 0) is 23.8 Å². The average Bonchev–Trinajstić information content (AvgIpc) is 3.15. The van der Waals surface area contributed by atoms with Gasteiger partial charge in [0.25, 0.3) is 0 Å². The molecule has 0 heterocycles. The summed E-state index contributed by atoms with van der Waals surface area (Å²) in [5.41, 5.74) is 0.866. The van der Waals surface area contributed by atoms with Gasteiger partial charge in [-0.3, -0.25) is 4.79 Å². The van der Waals surface area contributed by atoms with Crippen LogP contribution in [0.5, 0.6) is 0 Å². The first-order chi connectivity index (χ1) is 9.30. The lowest BCUT2D eigenvalue weighted by Crippen LogP contribution is -2.48. The van der Waals surface area contributed by atoms with Gasteiger partial charge < -0.3 is 10.4 Å². The number of carbonyl (C=O) groups is 2. The van der Waals surface area contributed by atoms with Crippen molar-refractivity contribution in [2.45, 2.75) is 24.6 Å². The molecular weight excluding hydrogens is 275 g/mol. The highest BCUT2D eigenvalue weighted by Gasteiger charge is 2.50. The Morgan fingerprint density at radius 1 is 1.25 bits per heavy atom. The van der Waals surface area contributed by atoms with Gasteiger partial charge in [-0.25, -0.2) is 4.79 Å². The lowest BCUT2D eigenvalue weighted by Gasteiger charge is -2.15. The van der Waals surface area contributed by atoms with E-state index in [9.17, 15) is 22.8 Å². The van der Waals surface area contributed by atoms with E-state index in [1.54, 1.807) is 35.6 Å². The van der Waals surface area contributed by atoms with E-state index in [2.05, 4.69) is 0 Å². The van der Waals surface area contributed by atoms with Gasteiger partial charge in [-0.15, -0.1) is 0 Å². The molecule has 20 heavy (non-hydrogen) atoms. The number of carbonyl (C=O) groups excluding carboxylic acids is 1. The molecule has 2 rings (SSSR count). The van der Waals surface area contributed by atoms with E-state index in [0.717, 1.165) is 5.56 Å². The molecule has 1 aromatic rings. The Labute approximate surface area is 112 Å². The van der Waals surface area contributed by atoms with Crippen LogP contribution in [0.1, 0.15) is 17.9 Å². The first-order valence-electron chi connectivity index (χ1n) is 5.96. The van der Waals surface area contributed by atoms with Crippen molar-refractivity contribution in [2.24, 2.45) is 5.92 Å². The summed E-state index contributed by atoms with van der Waals surface area (Å²) >= 11 is 0. The summed E-state index contributed by atoms with van der Waals surface area (Å²) in [5, 5.41) is 10.5. The summed E-state index contributed by atoms with van der Waals surface area (Å²) < 4.78 is 36.5. The fourth-order valence-corrected chi connectivity index (χ4v) is 2.24. The number of aliphatic carboxylic acids is 1. The molecule has 1 aromatic carbocycles. The van der Waals surface area contributed by atoms with Crippen LogP contribution in [0.15, 0.2) is 30.3 Å². The number of nitrogens with one attached hydrogen (secondary N) is 1. The molecule has 0 spiro atoms. The van der Waals surface area contributed by atoms with Crippen LogP contribution < -0.4 is 5.32 Å². The number of halogens is 3. The molecule has 1 amide bonds. The number of benzene rings is 1. The second-order valence-electron chi connectivity index (χ2n) is 4.70. The third kappa shape index (κ3) is 3.09. The van der Waals surface area contributed by atoms with Crippen molar-refractivity contribution in [3.05, 3.63) is 35.9 Å². The van der Waals surface area contributed by atoms with Crippen LogP contribution in [0.25, 0.3) is 0 Å². The molecule has 108 valence electrons. The van der Waals surface area contributed by atoms with Crippen molar-refractivity contribution in [1.29, 1.82) is 0 Å². The number of carboxylic acid groups (broad SMARTS) is 1. The van der Waals surface area contributed by atoms with E-state index in [0.29, 0.717) is 6.42 Å². The lowest BCUT2D eigenvalue weighted by molar-refractivity contribution is -0.175. The average molecular weight is 287 g/mol. The van der Waals surface area contributed by atoms with Crippen molar-refractivity contribution in [3.63, 3.8) is 0 Å². The van der Waals surface area contributed by atoms with E-state index < -0.39 is 30.0 Å². The number of rotatable bonds is 4. The highest BCUT2D eigenvalue weighted by atomic mass is 19.4. The maximum Gasteiger partial charge on any atom is 0.471 e. The Morgan fingerprint density at radius 2 is 1.85 bits per heavy atom. The molecule has 4 nitrogen and oxygen atoms in total. The van der Waals surface area contributed by atoms with Gasteiger partial charge in [0.05, 0.1) is 0 Å². The molecule has 0 saturated heterocycles.